The van der Waals surface area contributed by atoms with Gasteiger partial charge in [-0.2, -0.15) is 5.10 Å². The smallest absolute Gasteiger partial charge is 0.309 e. The first-order valence-electron chi connectivity index (χ1n) is 5.81. The van der Waals surface area contributed by atoms with E-state index in [4.69, 9.17) is 5.11 Å². The Balaban J connectivity index is 2.11. The molecule has 2 N–H and O–H groups in total. The minimum absolute atomic E-state index is 0.0861. The van der Waals surface area contributed by atoms with Gasteiger partial charge in [0.1, 0.15) is 0 Å². The van der Waals surface area contributed by atoms with Crippen LogP contribution in [0.2, 0.25) is 0 Å². The predicted octanol–water partition coefficient (Wildman–Crippen LogP) is 1.59. The molecule has 0 bridgehead atoms. The number of H-pyrrole nitrogens is 1. The highest BCUT2D eigenvalue weighted by atomic mass is 16.4. The SMILES string of the molecule is Cn1cc(-c2ccc3nc[nH]c3c2)c(CC(=O)O)n1. The molecule has 3 rings (SSSR count). The van der Waals surface area contributed by atoms with Crippen molar-refractivity contribution in [2.75, 3.05) is 0 Å². The van der Waals surface area contributed by atoms with E-state index in [2.05, 4.69) is 15.1 Å². The number of hydrogen-bond donors (Lipinski definition) is 2. The summed E-state index contributed by atoms with van der Waals surface area (Å²) in [5.74, 6) is -0.887. The highest BCUT2D eigenvalue weighted by Gasteiger charge is 2.13. The van der Waals surface area contributed by atoms with E-state index in [-0.39, 0.29) is 6.42 Å². The second-order valence-corrected chi connectivity index (χ2v) is 4.37. The van der Waals surface area contributed by atoms with Crippen molar-refractivity contribution < 1.29 is 9.90 Å². The van der Waals surface area contributed by atoms with Gasteiger partial charge in [0.2, 0.25) is 0 Å². The number of rotatable bonds is 3. The third kappa shape index (κ3) is 2.08. The molecule has 0 saturated heterocycles. The lowest BCUT2D eigenvalue weighted by molar-refractivity contribution is -0.136. The summed E-state index contributed by atoms with van der Waals surface area (Å²) in [5, 5.41) is 13.1. The molecule has 0 saturated carbocycles. The van der Waals surface area contributed by atoms with Crippen LogP contribution in [-0.2, 0) is 18.3 Å². The summed E-state index contributed by atoms with van der Waals surface area (Å²) in [6.45, 7) is 0. The van der Waals surface area contributed by atoms with Gasteiger partial charge in [-0.15, -0.1) is 0 Å². The van der Waals surface area contributed by atoms with E-state index in [1.165, 1.54) is 0 Å². The zero-order valence-electron chi connectivity index (χ0n) is 10.3. The second-order valence-electron chi connectivity index (χ2n) is 4.37. The van der Waals surface area contributed by atoms with Gasteiger partial charge in [-0.1, -0.05) is 6.07 Å². The van der Waals surface area contributed by atoms with E-state index >= 15 is 0 Å². The lowest BCUT2D eigenvalue weighted by atomic mass is 10.0. The number of fused-ring (bicyclic) bond motifs is 1. The number of aromatic nitrogens is 4. The number of imidazole rings is 1. The number of nitrogens with zero attached hydrogens (tertiary/aromatic N) is 3. The predicted molar refractivity (Wildman–Crippen MR) is 69.6 cm³/mol. The van der Waals surface area contributed by atoms with Crippen LogP contribution in [0.25, 0.3) is 22.2 Å². The van der Waals surface area contributed by atoms with Gasteiger partial charge in [-0.3, -0.25) is 9.48 Å². The summed E-state index contributed by atoms with van der Waals surface area (Å²) in [5.41, 5.74) is 4.13. The molecule has 0 spiro atoms. The van der Waals surface area contributed by atoms with Gasteiger partial charge in [0.15, 0.2) is 0 Å². The Labute approximate surface area is 108 Å². The maximum Gasteiger partial charge on any atom is 0.309 e. The summed E-state index contributed by atoms with van der Waals surface area (Å²) in [6.07, 6.45) is 3.38. The number of carbonyl (C=O) groups is 1. The molecule has 0 aliphatic rings. The van der Waals surface area contributed by atoms with Crippen LogP contribution in [0, 0.1) is 0 Å². The van der Waals surface area contributed by atoms with Crippen LogP contribution in [0.1, 0.15) is 5.69 Å². The molecule has 0 aliphatic carbocycles. The lowest BCUT2D eigenvalue weighted by Gasteiger charge is -2.00. The average molecular weight is 256 g/mol. The molecule has 0 radical (unpaired) electrons. The van der Waals surface area contributed by atoms with Gasteiger partial charge in [0.25, 0.3) is 0 Å². The Bertz CT molecular complexity index is 757. The first-order valence-corrected chi connectivity index (χ1v) is 5.81. The molecule has 2 aromatic heterocycles. The minimum atomic E-state index is -0.887. The molecule has 0 aliphatic heterocycles. The van der Waals surface area contributed by atoms with Gasteiger partial charge in [0, 0.05) is 18.8 Å². The number of aliphatic carboxylic acids is 1. The zero-order chi connectivity index (χ0) is 13.4. The minimum Gasteiger partial charge on any atom is -0.481 e. The van der Waals surface area contributed by atoms with E-state index in [0.717, 1.165) is 22.2 Å². The molecule has 2 heterocycles. The second kappa shape index (κ2) is 4.24. The Hall–Kier alpha value is -2.63. The molecule has 3 aromatic rings. The largest absolute Gasteiger partial charge is 0.481 e. The summed E-state index contributed by atoms with van der Waals surface area (Å²) >= 11 is 0. The number of benzene rings is 1. The monoisotopic (exact) mass is 256 g/mol. The Morgan fingerprint density at radius 1 is 1.47 bits per heavy atom. The number of aryl methyl sites for hydroxylation is 1. The van der Waals surface area contributed by atoms with E-state index in [9.17, 15) is 4.79 Å². The Morgan fingerprint density at radius 2 is 2.32 bits per heavy atom. The van der Waals surface area contributed by atoms with Crippen molar-refractivity contribution in [1.29, 1.82) is 0 Å². The normalized spacial score (nSPS) is 11.0. The zero-order valence-corrected chi connectivity index (χ0v) is 10.3. The van der Waals surface area contributed by atoms with E-state index in [1.54, 1.807) is 18.1 Å². The van der Waals surface area contributed by atoms with Crippen LogP contribution in [0.15, 0.2) is 30.7 Å². The van der Waals surface area contributed by atoms with Crippen molar-refractivity contribution in [2.24, 2.45) is 7.05 Å². The molecule has 96 valence electrons. The maximum atomic E-state index is 10.9. The standard InChI is InChI=1S/C13H12N4O2/c1-17-6-9(11(16-17)5-13(18)19)8-2-3-10-12(4-8)15-7-14-10/h2-4,6-7H,5H2,1H3,(H,14,15)(H,18,19). The van der Waals surface area contributed by atoms with Crippen molar-refractivity contribution in [1.82, 2.24) is 19.7 Å². The highest BCUT2D eigenvalue weighted by Crippen LogP contribution is 2.25. The van der Waals surface area contributed by atoms with Crippen molar-refractivity contribution >= 4 is 17.0 Å². The van der Waals surface area contributed by atoms with Gasteiger partial charge in [-0.25, -0.2) is 4.98 Å². The lowest BCUT2D eigenvalue weighted by Crippen LogP contribution is -2.02. The Morgan fingerprint density at radius 3 is 3.11 bits per heavy atom. The number of hydrogen-bond acceptors (Lipinski definition) is 3. The van der Waals surface area contributed by atoms with E-state index in [0.29, 0.717) is 5.69 Å². The fourth-order valence-corrected chi connectivity index (χ4v) is 2.15. The van der Waals surface area contributed by atoms with Crippen LogP contribution in [0.4, 0.5) is 0 Å². The molecule has 19 heavy (non-hydrogen) atoms. The molecule has 6 nitrogen and oxygen atoms in total. The maximum absolute atomic E-state index is 10.9. The number of carboxylic acid groups (broad SMARTS) is 1. The summed E-state index contributed by atoms with van der Waals surface area (Å²) in [6, 6.07) is 5.77. The molecule has 0 fully saturated rings. The molecule has 1 aromatic carbocycles. The fraction of sp³-hybridized carbons (Fsp3) is 0.154. The first-order chi connectivity index (χ1) is 9.13. The first kappa shape index (κ1) is 11.5. The summed E-state index contributed by atoms with van der Waals surface area (Å²) in [4.78, 5) is 18.1. The van der Waals surface area contributed by atoms with Crippen molar-refractivity contribution in [3.63, 3.8) is 0 Å². The van der Waals surface area contributed by atoms with Gasteiger partial charge < -0.3 is 10.1 Å². The quantitative estimate of drug-likeness (QED) is 0.745. The number of carboxylic acids is 1. The third-order valence-corrected chi connectivity index (χ3v) is 2.96. The van der Waals surface area contributed by atoms with Crippen LogP contribution in [-0.4, -0.2) is 30.8 Å². The highest BCUT2D eigenvalue weighted by molar-refractivity contribution is 5.83. The molecular formula is C13H12N4O2. The van der Waals surface area contributed by atoms with Crippen LogP contribution < -0.4 is 0 Å². The topological polar surface area (TPSA) is 83.8 Å². The van der Waals surface area contributed by atoms with Gasteiger partial charge in [-0.05, 0) is 17.7 Å². The third-order valence-electron chi connectivity index (χ3n) is 2.96. The number of nitrogens with one attached hydrogen (secondary N) is 1. The van der Waals surface area contributed by atoms with E-state index < -0.39 is 5.97 Å². The summed E-state index contributed by atoms with van der Waals surface area (Å²) < 4.78 is 1.63. The molecule has 0 atom stereocenters. The summed E-state index contributed by atoms with van der Waals surface area (Å²) in [7, 11) is 1.78. The van der Waals surface area contributed by atoms with Crippen LogP contribution in [0.5, 0.6) is 0 Å². The molecule has 0 amide bonds. The van der Waals surface area contributed by atoms with E-state index in [1.807, 2.05) is 24.4 Å². The molecule has 0 unspecified atom stereocenters. The Kier molecular flexibility index (Phi) is 2.56. The number of aromatic amines is 1. The van der Waals surface area contributed by atoms with Crippen LogP contribution in [0.3, 0.4) is 0 Å². The fourth-order valence-electron chi connectivity index (χ4n) is 2.15. The van der Waals surface area contributed by atoms with Gasteiger partial charge >= 0.3 is 5.97 Å². The van der Waals surface area contributed by atoms with Gasteiger partial charge in [0.05, 0.1) is 29.5 Å². The van der Waals surface area contributed by atoms with Crippen molar-refractivity contribution in [2.45, 2.75) is 6.42 Å². The van der Waals surface area contributed by atoms with Crippen molar-refractivity contribution in [3.05, 3.63) is 36.4 Å². The molecular weight excluding hydrogens is 244 g/mol. The molecule has 6 heteroatoms. The van der Waals surface area contributed by atoms with Crippen LogP contribution >= 0.6 is 0 Å². The average Bonchev–Trinajstić information content (AvgIpc) is 2.93. The van der Waals surface area contributed by atoms with Crippen molar-refractivity contribution in [3.8, 4) is 11.1 Å².